The summed E-state index contributed by atoms with van der Waals surface area (Å²) >= 11 is 1.51. The van der Waals surface area contributed by atoms with Gasteiger partial charge in [0.1, 0.15) is 5.92 Å². The SMILES string of the molecule is COC(=O)c1ccc2c(c1)NC(=O)C2C(=Nc1ccc(N(CCCN(C)C)C(C)=O)cc1)c1cccs1. The molecule has 1 aromatic heterocycles. The van der Waals surface area contributed by atoms with E-state index >= 15 is 0 Å². The van der Waals surface area contributed by atoms with Crippen molar-refractivity contribution >= 4 is 51.9 Å². The summed E-state index contributed by atoms with van der Waals surface area (Å²) in [6.45, 7) is 3.09. The van der Waals surface area contributed by atoms with Crippen LogP contribution in [-0.2, 0) is 14.3 Å². The molecular weight excluding hydrogens is 488 g/mol. The highest BCUT2D eigenvalue weighted by Gasteiger charge is 2.36. The molecule has 0 aliphatic carbocycles. The van der Waals surface area contributed by atoms with Crippen LogP contribution >= 0.6 is 11.3 Å². The van der Waals surface area contributed by atoms with Crippen LogP contribution in [0.15, 0.2) is 65.0 Å². The highest BCUT2D eigenvalue weighted by molar-refractivity contribution is 7.12. The topological polar surface area (TPSA) is 91.3 Å². The Hall–Kier alpha value is -3.82. The van der Waals surface area contributed by atoms with E-state index in [4.69, 9.17) is 9.73 Å². The number of methoxy groups -OCH3 is 1. The number of nitrogens with zero attached hydrogens (tertiary/aromatic N) is 3. The van der Waals surface area contributed by atoms with E-state index in [-0.39, 0.29) is 11.8 Å². The van der Waals surface area contributed by atoms with Crippen molar-refractivity contribution in [3.05, 3.63) is 76.0 Å². The molecule has 0 saturated carbocycles. The first-order valence-electron chi connectivity index (χ1n) is 12.0. The number of ether oxygens (including phenoxy) is 1. The zero-order valence-electron chi connectivity index (χ0n) is 21.4. The minimum atomic E-state index is -0.625. The quantitative estimate of drug-likeness (QED) is 0.328. The fraction of sp³-hybridized carbons (Fsp3) is 0.286. The van der Waals surface area contributed by atoms with Crippen LogP contribution in [0.5, 0.6) is 0 Å². The zero-order chi connectivity index (χ0) is 26.5. The molecule has 0 fully saturated rings. The molecule has 1 aliphatic rings. The van der Waals surface area contributed by atoms with E-state index in [0.29, 0.717) is 29.2 Å². The average Bonchev–Trinajstić information content (AvgIpc) is 3.52. The summed E-state index contributed by atoms with van der Waals surface area (Å²) in [5.41, 5.74) is 3.81. The third-order valence-corrected chi connectivity index (χ3v) is 7.02. The van der Waals surface area contributed by atoms with Gasteiger partial charge in [0.05, 0.1) is 24.1 Å². The van der Waals surface area contributed by atoms with Gasteiger partial charge in [0.2, 0.25) is 11.8 Å². The number of aliphatic imine (C=N–C) groups is 1. The van der Waals surface area contributed by atoms with Crippen molar-refractivity contribution in [1.82, 2.24) is 4.90 Å². The number of amides is 2. The molecule has 9 heteroatoms. The van der Waals surface area contributed by atoms with Crippen molar-refractivity contribution in [2.45, 2.75) is 19.3 Å². The van der Waals surface area contributed by atoms with Gasteiger partial charge in [0, 0.05) is 29.7 Å². The number of anilines is 2. The van der Waals surface area contributed by atoms with Crippen molar-refractivity contribution in [3.8, 4) is 0 Å². The minimum Gasteiger partial charge on any atom is -0.465 e. The zero-order valence-corrected chi connectivity index (χ0v) is 22.2. The molecule has 37 heavy (non-hydrogen) atoms. The third kappa shape index (κ3) is 5.95. The Kier molecular flexibility index (Phi) is 8.15. The van der Waals surface area contributed by atoms with Gasteiger partial charge in [-0.25, -0.2) is 4.79 Å². The summed E-state index contributed by atoms with van der Waals surface area (Å²) in [7, 11) is 5.34. The van der Waals surface area contributed by atoms with Crippen LogP contribution in [0, 0.1) is 0 Å². The number of hydrogen-bond acceptors (Lipinski definition) is 7. The van der Waals surface area contributed by atoms with Crippen LogP contribution < -0.4 is 10.2 Å². The van der Waals surface area contributed by atoms with Gasteiger partial charge in [-0.15, -0.1) is 11.3 Å². The number of rotatable bonds is 9. The molecule has 8 nitrogen and oxygen atoms in total. The molecule has 3 aromatic rings. The number of benzene rings is 2. The van der Waals surface area contributed by atoms with Gasteiger partial charge in [-0.05, 0) is 80.5 Å². The molecule has 4 rings (SSSR count). The van der Waals surface area contributed by atoms with Gasteiger partial charge in [0.25, 0.3) is 0 Å². The number of carbonyl (C=O) groups is 3. The van der Waals surface area contributed by atoms with Crippen molar-refractivity contribution in [3.63, 3.8) is 0 Å². The largest absolute Gasteiger partial charge is 0.465 e. The summed E-state index contributed by atoms with van der Waals surface area (Å²) in [4.78, 5) is 47.0. The molecule has 2 aromatic carbocycles. The summed E-state index contributed by atoms with van der Waals surface area (Å²) in [6.07, 6.45) is 0.864. The summed E-state index contributed by atoms with van der Waals surface area (Å²) in [5, 5.41) is 4.83. The van der Waals surface area contributed by atoms with Crippen molar-refractivity contribution in [1.29, 1.82) is 0 Å². The highest BCUT2D eigenvalue weighted by Crippen LogP contribution is 2.38. The van der Waals surface area contributed by atoms with Crippen molar-refractivity contribution < 1.29 is 19.1 Å². The van der Waals surface area contributed by atoms with Gasteiger partial charge < -0.3 is 19.9 Å². The average molecular weight is 519 g/mol. The Morgan fingerprint density at radius 3 is 2.46 bits per heavy atom. The summed E-state index contributed by atoms with van der Waals surface area (Å²) in [5.74, 6) is -1.31. The van der Waals surface area contributed by atoms with Crippen LogP contribution in [-0.4, -0.2) is 62.7 Å². The molecule has 2 heterocycles. The second-order valence-corrected chi connectivity index (χ2v) is 9.98. The maximum absolute atomic E-state index is 13.1. The molecule has 1 atom stereocenters. The van der Waals surface area contributed by atoms with Gasteiger partial charge in [-0.3, -0.25) is 14.6 Å². The normalized spacial score (nSPS) is 14.9. The second kappa shape index (κ2) is 11.5. The van der Waals surface area contributed by atoms with E-state index < -0.39 is 11.9 Å². The fourth-order valence-corrected chi connectivity index (χ4v) is 5.07. The Morgan fingerprint density at radius 1 is 1.08 bits per heavy atom. The van der Waals surface area contributed by atoms with E-state index in [9.17, 15) is 14.4 Å². The van der Waals surface area contributed by atoms with E-state index in [2.05, 4.69) is 10.2 Å². The predicted molar refractivity (Wildman–Crippen MR) is 147 cm³/mol. The number of hydrogen-bond donors (Lipinski definition) is 1. The molecule has 1 aliphatic heterocycles. The molecule has 2 amide bonds. The maximum Gasteiger partial charge on any atom is 0.337 e. The first kappa shape index (κ1) is 26.2. The first-order chi connectivity index (χ1) is 17.8. The monoisotopic (exact) mass is 518 g/mol. The number of carbonyl (C=O) groups excluding carboxylic acids is 3. The third-order valence-electron chi connectivity index (χ3n) is 6.13. The van der Waals surface area contributed by atoms with Gasteiger partial charge in [0.15, 0.2) is 0 Å². The van der Waals surface area contributed by atoms with Gasteiger partial charge in [-0.2, -0.15) is 0 Å². The molecule has 1 N–H and O–H groups in total. The minimum absolute atomic E-state index is 0.0140. The maximum atomic E-state index is 13.1. The summed E-state index contributed by atoms with van der Waals surface area (Å²) in [6, 6.07) is 16.4. The van der Waals surface area contributed by atoms with Gasteiger partial charge >= 0.3 is 5.97 Å². The molecule has 192 valence electrons. The van der Waals surface area contributed by atoms with E-state index in [1.807, 2.05) is 55.9 Å². The van der Waals surface area contributed by atoms with Crippen LogP contribution in [0.25, 0.3) is 0 Å². The van der Waals surface area contributed by atoms with E-state index in [0.717, 1.165) is 29.1 Å². The predicted octanol–water partition coefficient (Wildman–Crippen LogP) is 4.70. The standard InChI is InChI=1S/C28H30N4O4S/c1-18(33)32(15-6-14-31(2)3)21-11-9-20(10-12-21)29-26(24-7-5-16-37-24)25-22-13-8-19(28(35)36-4)17-23(22)30-27(25)34/h5,7-13,16-17,25H,6,14-15H2,1-4H3,(H,30,34). The number of esters is 1. The van der Waals surface area contributed by atoms with Crippen LogP contribution in [0.1, 0.15) is 40.1 Å². The van der Waals surface area contributed by atoms with Gasteiger partial charge in [-0.1, -0.05) is 12.1 Å². The molecule has 1 unspecified atom stereocenters. The Bertz CT molecular complexity index is 1320. The lowest BCUT2D eigenvalue weighted by atomic mass is 9.93. The molecule has 0 bridgehead atoms. The lowest BCUT2D eigenvalue weighted by Crippen LogP contribution is -2.31. The van der Waals surface area contributed by atoms with E-state index in [1.54, 1.807) is 30.0 Å². The number of nitrogens with one attached hydrogen (secondary N) is 1. The summed E-state index contributed by atoms with van der Waals surface area (Å²) < 4.78 is 4.81. The Balaban J connectivity index is 1.66. The molecular formula is C28H30N4O4S. The van der Waals surface area contributed by atoms with Crippen LogP contribution in [0.3, 0.4) is 0 Å². The van der Waals surface area contributed by atoms with Crippen LogP contribution in [0.2, 0.25) is 0 Å². The lowest BCUT2D eigenvalue weighted by Gasteiger charge is -2.22. The highest BCUT2D eigenvalue weighted by atomic mass is 32.1. The fourth-order valence-electron chi connectivity index (χ4n) is 4.32. The number of fused-ring (bicyclic) bond motifs is 1. The van der Waals surface area contributed by atoms with E-state index in [1.165, 1.54) is 18.4 Å². The van der Waals surface area contributed by atoms with Crippen LogP contribution in [0.4, 0.5) is 17.1 Å². The number of thiophene rings is 1. The second-order valence-electron chi connectivity index (χ2n) is 9.03. The smallest absolute Gasteiger partial charge is 0.337 e. The molecule has 0 radical (unpaired) electrons. The molecule has 0 saturated heterocycles. The molecule has 0 spiro atoms. The van der Waals surface area contributed by atoms with Crippen molar-refractivity contribution in [2.24, 2.45) is 4.99 Å². The lowest BCUT2D eigenvalue weighted by molar-refractivity contribution is -0.117. The Labute approximate surface area is 220 Å². The Morgan fingerprint density at radius 2 is 1.84 bits per heavy atom. The van der Waals surface area contributed by atoms with Crippen molar-refractivity contribution in [2.75, 3.05) is 44.5 Å². The first-order valence-corrected chi connectivity index (χ1v) is 12.8.